The third kappa shape index (κ3) is 3.54. The number of aromatic nitrogens is 4. The first kappa shape index (κ1) is 17.8. The number of hydrogen-bond donors (Lipinski definition) is 0. The Morgan fingerprint density at radius 2 is 1.89 bits per heavy atom. The SMILES string of the molecule is S=c1n(CN2CCCC2Cc2ccccc2)nc(-c2cccnc2)n1C1CC1. The third-order valence-corrected chi connectivity index (χ3v) is 6.24. The summed E-state index contributed by atoms with van der Waals surface area (Å²) in [6.07, 6.45) is 9.63. The second kappa shape index (κ2) is 7.60. The van der Waals surface area contributed by atoms with Crippen LogP contribution in [0.3, 0.4) is 0 Å². The first-order chi connectivity index (χ1) is 13.8. The largest absolute Gasteiger partial charge is 0.297 e. The summed E-state index contributed by atoms with van der Waals surface area (Å²) >= 11 is 5.85. The van der Waals surface area contributed by atoms with E-state index in [0.717, 1.165) is 35.8 Å². The fraction of sp³-hybridized carbons (Fsp3) is 0.409. The van der Waals surface area contributed by atoms with Gasteiger partial charge in [0, 0.05) is 36.6 Å². The standard InChI is InChI=1S/C22H25N5S/c28-22-26(16-25-13-5-9-20(25)14-17-6-2-1-3-7-17)24-21(27(22)19-10-11-19)18-8-4-12-23-15-18/h1-4,6-8,12,15,19-20H,5,9-11,13-14,16H2. The number of likely N-dealkylation sites (tertiary alicyclic amines) is 1. The highest BCUT2D eigenvalue weighted by Gasteiger charge is 2.31. The average Bonchev–Trinajstić information content (AvgIpc) is 3.40. The maximum absolute atomic E-state index is 5.85. The monoisotopic (exact) mass is 391 g/mol. The lowest BCUT2D eigenvalue weighted by molar-refractivity contribution is 0.187. The Hall–Kier alpha value is -2.31. The summed E-state index contributed by atoms with van der Waals surface area (Å²) in [4.78, 5) is 6.82. The van der Waals surface area contributed by atoms with E-state index in [1.165, 1.54) is 31.2 Å². The van der Waals surface area contributed by atoms with E-state index in [2.05, 4.69) is 50.8 Å². The molecule has 5 rings (SSSR count). The van der Waals surface area contributed by atoms with Crippen molar-refractivity contribution in [1.29, 1.82) is 0 Å². The van der Waals surface area contributed by atoms with Crippen molar-refractivity contribution >= 4 is 12.2 Å². The average molecular weight is 392 g/mol. The van der Waals surface area contributed by atoms with Crippen molar-refractivity contribution in [2.45, 2.75) is 50.9 Å². The molecule has 6 heteroatoms. The summed E-state index contributed by atoms with van der Waals surface area (Å²) in [5.41, 5.74) is 2.45. The van der Waals surface area contributed by atoms with Crippen molar-refractivity contribution in [3.63, 3.8) is 0 Å². The van der Waals surface area contributed by atoms with Crippen LogP contribution < -0.4 is 0 Å². The van der Waals surface area contributed by atoms with Gasteiger partial charge in [0.15, 0.2) is 10.6 Å². The fourth-order valence-corrected chi connectivity index (χ4v) is 4.57. The molecular formula is C22H25N5S. The highest BCUT2D eigenvalue weighted by atomic mass is 32.1. The van der Waals surface area contributed by atoms with Gasteiger partial charge in [0.25, 0.3) is 0 Å². The summed E-state index contributed by atoms with van der Waals surface area (Å²) in [6, 6.07) is 15.9. The highest BCUT2D eigenvalue weighted by molar-refractivity contribution is 7.71. The zero-order valence-electron chi connectivity index (χ0n) is 15.9. The molecule has 1 saturated carbocycles. The molecule has 0 spiro atoms. The third-order valence-electron chi connectivity index (χ3n) is 5.83. The van der Waals surface area contributed by atoms with Crippen molar-refractivity contribution in [2.24, 2.45) is 0 Å². The molecule has 2 aliphatic rings. The Bertz CT molecular complexity index is 991. The minimum atomic E-state index is 0.496. The molecule has 1 aliphatic carbocycles. The van der Waals surface area contributed by atoms with Gasteiger partial charge in [-0.1, -0.05) is 30.3 Å². The van der Waals surface area contributed by atoms with Gasteiger partial charge in [-0.25, -0.2) is 4.68 Å². The topological polar surface area (TPSA) is 38.9 Å². The number of hydrogen-bond acceptors (Lipinski definition) is 4. The normalized spacial score (nSPS) is 19.9. The van der Waals surface area contributed by atoms with E-state index in [-0.39, 0.29) is 0 Å². The van der Waals surface area contributed by atoms with Gasteiger partial charge in [0.1, 0.15) is 0 Å². The van der Waals surface area contributed by atoms with E-state index < -0.39 is 0 Å². The Labute approximate surface area is 170 Å². The van der Waals surface area contributed by atoms with Crippen LogP contribution >= 0.6 is 12.2 Å². The first-order valence-corrected chi connectivity index (χ1v) is 10.6. The molecule has 3 aromatic rings. The van der Waals surface area contributed by atoms with Gasteiger partial charge in [0.2, 0.25) is 0 Å². The van der Waals surface area contributed by atoms with Gasteiger partial charge in [-0.3, -0.25) is 14.5 Å². The van der Waals surface area contributed by atoms with Crippen LogP contribution in [0.2, 0.25) is 0 Å². The van der Waals surface area contributed by atoms with Gasteiger partial charge in [-0.15, -0.1) is 0 Å². The molecular weight excluding hydrogens is 366 g/mol. The predicted molar refractivity (Wildman–Crippen MR) is 112 cm³/mol. The molecule has 0 radical (unpaired) electrons. The van der Waals surface area contributed by atoms with Crippen LogP contribution in [-0.4, -0.2) is 36.8 Å². The Morgan fingerprint density at radius 3 is 2.64 bits per heavy atom. The van der Waals surface area contributed by atoms with Crippen LogP contribution in [0.1, 0.15) is 37.3 Å². The molecule has 5 nitrogen and oxygen atoms in total. The van der Waals surface area contributed by atoms with Crippen molar-refractivity contribution in [3.8, 4) is 11.4 Å². The van der Waals surface area contributed by atoms with E-state index in [9.17, 15) is 0 Å². The van der Waals surface area contributed by atoms with Crippen LogP contribution in [0.4, 0.5) is 0 Å². The van der Waals surface area contributed by atoms with Gasteiger partial charge in [-0.2, -0.15) is 5.10 Å². The van der Waals surface area contributed by atoms with E-state index in [1.807, 2.05) is 16.9 Å². The maximum atomic E-state index is 5.85. The Balaban J connectivity index is 1.41. The summed E-state index contributed by atoms with van der Waals surface area (Å²) in [5, 5.41) is 4.94. The second-order valence-electron chi connectivity index (χ2n) is 7.89. The van der Waals surface area contributed by atoms with Gasteiger partial charge in [-0.05, 0) is 62.0 Å². The summed E-state index contributed by atoms with van der Waals surface area (Å²) in [5.74, 6) is 0.958. The van der Waals surface area contributed by atoms with Gasteiger partial charge < -0.3 is 0 Å². The van der Waals surface area contributed by atoms with Gasteiger partial charge in [0.05, 0.1) is 6.67 Å². The molecule has 2 fully saturated rings. The summed E-state index contributed by atoms with van der Waals surface area (Å²) < 4.78 is 5.11. The lowest BCUT2D eigenvalue weighted by atomic mass is 10.0. The van der Waals surface area contributed by atoms with Crippen molar-refractivity contribution in [2.75, 3.05) is 6.54 Å². The van der Waals surface area contributed by atoms with E-state index in [1.54, 1.807) is 6.20 Å². The molecule has 28 heavy (non-hydrogen) atoms. The summed E-state index contributed by atoms with van der Waals surface area (Å²) in [6.45, 7) is 1.88. The van der Waals surface area contributed by atoms with E-state index >= 15 is 0 Å². The molecule has 1 aromatic carbocycles. The van der Waals surface area contributed by atoms with Crippen LogP contribution in [0, 0.1) is 4.77 Å². The molecule has 0 bridgehead atoms. The van der Waals surface area contributed by atoms with Crippen LogP contribution in [-0.2, 0) is 13.1 Å². The molecule has 144 valence electrons. The van der Waals surface area contributed by atoms with Crippen molar-refractivity contribution in [3.05, 3.63) is 65.2 Å². The predicted octanol–water partition coefficient (Wildman–Crippen LogP) is 4.48. The number of rotatable bonds is 6. The molecule has 1 atom stereocenters. The Kier molecular flexibility index (Phi) is 4.82. The van der Waals surface area contributed by atoms with E-state index in [4.69, 9.17) is 17.3 Å². The molecule has 1 saturated heterocycles. The minimum absolute atomic E-state index is 0.496. The van der Waals surface area contributed by atoms with Crippen molar-refractivity contribution < 1.29 is 0 Å². The number of pyridine rings is 1. The van der Waals surface area contributed by atoms with Crippen LogP contribution in [0.5, 0.6) is 0 Å². The molecule has 1 unspecified atom stereocenters. The Morgan fingerprint density at radius 1 is 1.04 bits per heavy atom. The van der Waals surface area contributed by atoms with Crippen molar-refractivity contribution in [1.82, 2.24) is 24.2 Å². The van der Waals surface area contributed by atoms with E-state index in [0.29, 0.717) is 12.1 Å². The zero-order chi connectivity index (χ0) is 18.9. The lowest BCUT2D eigenvalue weighted by Gasteiger charge is -2.24. The zero-order valence-corrected chi connectivity index (χ0v) is 16.8. The lowest BCUT2D eigenvalue weighted by Crippen LogP contribution is -2.33. The summed E-state index contributed by atoms with van der Waals surface area (Å²) in [7, 11) is 0. The van der Waals surface area contributed by atoms with Crippen LogP contribution in [0.25, 0.3) is 11.4 Å². The number of nitrogens with zero attached hydrogens (tertiary/aromatic N) is 5. The molecule has 1 aliphatic heterocycles. The molecule has 0 amide bonds. The quantitative estimate of drug-likeness (QED) is 0.581. The fourth-order valence-electron chi connectivity index (χ4n) is 4.24. The second-order valence-corrected chi connectivity index (χ2v) is 8.25. The molecule has 2 aromatic heterocycles. The number of benzene rings is 1. The minimum Gasteiger partial charge on any atom is -0.297 e. The van der Waals surface area contributed by atoms with Gasteiger partial charge >= 0.3 is 0 Å². The molecule has 0 N–H and O–H groups in total. The first-order valence-electron chi connectivity index (χ1n) is 10.2. The maximum Gasteiger partial charge on any atom is 0.199 e. The molecule has 3 heterocycles. The van der Waals surface area contributed by atoms with Crippen LogP contribution in [0.15, 0.2) is 54.9 Å². The highest BCUT2D eigenvalue weighted by Crippen LogP contribution is 2.38. The smallest absolute Gasteiger partial charge is 0.199 e.